The highest BCUT2D eigenvalue weighted by atomic mass is 35.5. The van der Waals surface area contributed by atoms with Gasteiger partial charge in [-0.1, -0.05) is 11.6 Å². The number of nitrogens with zero attached hydrogens (tertiary/aromatic N) is 3. The lowest BCUT2D eigenvalue weighted by atomic mass is 10.2. The average Bonchev–Trinajstić information content (AvgIpc) is 3.06. The maximum atomic E-state index is 14.5. The highest BCUT2D eigenvalue weighted by molar-refractivity contribution is 6.29. The summed E-state index contributed by atoms with van der Waals surface area (Å²) in [7, 11) is 0. The number of fused-ring (bicyclic) bond motifs is 1. The van der Waals surface area contributed by atoms with Gasteiger partial charge in [-0.25, -0.2) is 18.7 Å². The van der Waals surface area contributed by atoms with E-state index in [0.29, 0.717) is 16.7 Å². The fraction of sp³-hybridized carbons (Fsp3) is 0. The van der Waals surface area contributed by atoms with Gasteiger partial charge in [-0.3, -0.25) is 0 Å². The van der Waals surface area contributed by atoms with E-state index in [0.717, 1.165) is 12.1 Å². The van der Waals surface area contributed by atoms with Crippen LogP contribution in [0.4, 0.5) is 37.6 Å². The molecule has 0 aliphatic heterocycles. The van der Waals surface area contributed by atoms with E-state index in [1.165, 1.54) is 12.3 Å². The van der Waals surface area contributed by atoms with Crippen LogP contribution < -0.4 is 16.4 Å². The van der Waals surface area contributed by atoms with E-state index in [9.17, 15) is 8.78 Å². The van der Waals surface area contributed by atoms with Crippen LogP contribution in [0.25, 0.3) is 11.0 Å². The van der Waals surface area contributed by atoms with Crippen molar-refractivity contribution in [2.75, 3.05) is 16.4 Å². The van der Waals surface area contributed by atoms with Crippen molar-refractivity contribution in [1.29, 1.82) is 0 Å². The molecule has 0 fully saturated rings. The Labute approximate surface area is 156 Å². The molecular weight excluding hydrogens is 376 g/mol. The van der Waals surface area contributed by atoms with Crippen LogP contribution in [0.5, 0.6) is 0 Å². The second kappa shape index (κ2) is 6.69. The summed E-state index contributed by atoms with van der Waals surface area (Å²) in [6.07, 6.45) is 3.23. The molecule has 0 amide bonds. The molecule has 0 radical (unpaired) electrons. The molecule has 0 unspecified atom stereocenters. The van der Waals surface area contributed by atoms with E-state index in [4.69, 9.17) is 17.3 Å². The van der Waals surface area contributed by atoms with E-state index in [1.54, 1.807) is 18.3 Å². The number of anilines is 5. The lowest BCUT2D eigenvalue weighted by Crippen LogP contribution is -2.03. The topological polar surface area (TPSA) is 105 Å². The third kappa shape index (κ3) is 3.44. The Morgan fingerprint density at radius 1 is 1.04 bits per heavy atom. The molecule has 0 aliphatic carbocycles. The Bertz CT molecular complexity index is 1100. The zero-order valence-corrected chi connectivity index (χ0v) is 14.4. The molecule has 27 heavy (non-hydrogen) atoms. The smallest absolute Gasteiger partial charge is 0.223 e. The number of H-pyrrole nitrogens is 1. The van der Waals surface area contributed by atoms with Gasteiger partial charge in [0.05, 0.1) is 5.69 Å². The normalized spacial score (nSPS) is 10.9. The Kier molecular flexibility index (Phi) is 4.21. The Morgan fingerprint density at radius 2 is 1.81 bits per heavy atom. The zero-order valence-electron chi connectivity index (χ0n) is 13.6. The number of nitrogens with one attached hydrogen (secondary N) is 3. The van der Waals surface area contributed by atoms with Gasteiger partial charge in [0.2, 0.25) is 5.95 Å². The lowest BCUT2D eigenvalue weighted by Gasteiger charge is -2.12. The predicted molar refractivity (Wildman–Crippen MR) is 100 cm³/mol. The number of nitrogens with two attached hydrogens (primary N) is 1. The van der Waals surface area contributed by atoms with Gasteiger partial charge in [-0.2, -0.15) is 4.98 Å². The monoisotopic (exact) mass is 387 g/mol. The number of pyridine rings is 1. The molecule has 4 aromatic rings. The summed E-state index contributed by atoms with van der Waals surface area (Å²) in [5.74, 6) is -1.41. The maximum absolute atomic E-state index is 14.5. The van der Waals surface area contributed by atoms with E-state index < -0.39 is 11.6 Å². The van der Waals surface area contributed by atoms with Gasteiger partial charge >= 0.3 is 0 Å². The third-order valence-corrected chi connectivity index (χ3v) is 3.94. The summed E-state index contributed by atoms with van der Waals surface area (Å²) >= 11 is 5.80. The lowest BCUT2D eigenvalue weighted by molar-refractivity contribution is 0.592. The van der Waals surface area contributed by atoms with Crippen LogP contribution in [-0.2, 0) is 0 Å². The van der Waals surface area contributed by atoms with Crippen molar-refractivity contribution in [2.45, 2.75) is 0 Å². The van der Waals surface area contributed by atoms with E-state index >= 15 is 0 Å². The molecule has 0 atom stereocenters. The summed E-state index contributed by atoms with van der Waals surface area (Å²) in [6.45, 7) is 0. The molecule has 0 saturated heterocycles. The number of rotatable bonds is 4. The second-order valence-corrected chi connectivity index (χ2v) is 5.98. The zero-order chi connectivity index (χ0) is 19.0. The predicted octanol–water partition coefficient (Wildman–Crippen LogP) is 4.35. The fourth-order valence-electron chi connectivity index (χ4n) is 2.62. The SMILES string of the molecule is Nc1nc(Cl)cc(Nc2cc(F)c(Nc3ccnc4[nH]ccc34)c(F)c2)n1. The van der Waals surface area contributed by atoms with Crippen LogP contribution in [0.2, 0.25) is 5.15 Å². The minimum atomic E-state index is -0.786. The summed E-state index contributed by atoms with van der Waals surface area (Å²) in [5.41, 5.74) is 6.50. The summed E-state index contributed by atoms with van der Waals surface area (Å²) in [5, 5.41) is 6.34. The first-order valence-electron chi connectivity index (χ1n) is 7.75. The molecule has 0 aliphatic rings. The molecule has 1 aromatic carbocycles. The average molecular weight is 388 g/mol. The Hall–Kier alpha value is -3.46. The first-order chi connectivity index (χ1) is 13.0. The van der Waals surface area contributed by atoms with Gasteiger partial charge in [0.25, 0.3) is 0 Å². The van der Waals surface area contributed by atoms with Gasteiger partial charge in [-0.05, 0) is 24.3 Å². The van der Waals surface area contributed by atoms with Crippen molar-refractivity contribution in [3.05, 3.63) is 59.5 Å². The van der Waals surface area contributed by atoms with Crippen molar-refractivity contribution in [3.63, 3.8) is 0 Å². The van der Waals surface area contributed by atoms with Crippen molar-refractivity contribution < 1.29 is 8.78 Å². The highest BCUT2D eigenvalue weighted by Gasteiger charge is 2.14. The number of hydrogen-bond acceptors (Lipinski definition) is 6. The van der Waals surface area contributed by atoms with Crippen LogP contribution in [0.15, 0.2) is 42.7 Å². The van der Waals surface area contributed by atoms with Gasteiger partial charge in [-0.15, -0.1) is 0 Å². The number of nitrogen functional groups attached to an aromatic ring is 1. The van der Waals surface area contributed by atoms with Crippen LogP contribution in [-0.4, -0.2) is 19.9 Å². The fourth-order valence-corrected chi connectivity index (χ4v) is 2.81. The summed E-state index contributed by atoms with van der Waals surface area (Å²) in [6, 6.07) is 7.05. The third-order valence-electron chi connectivity index (χ3n) is 3.75. The largest absolute Gasteiger partial charge is 0.368 e. The van der Waals surface area contributed by atoms with Crippen LogP contribution >= 0.6 is 11.6 Å². The summed E-state index contributed by atoms with van der Waals surface area (Å²) < 4.78 is 29.1. The van der Waals surface area contributed by atoms with Crippen molar-refractivity contribution in [2.24, 2.45) is 0 Å². The van der Waals surface area contributed by atoms with Crippen LogP contribution in [0, 0.1) is 11.6 Å². The molecule has 5 N–H and O–H groups in total. The number of aromatic nitrogens is 4. The standard InChI is InChI=1S/C17H12ClF2N7/c18-13-7-14(27-17(21)26-13)24-8-5-10(19)15(11(20)6-8)25-12-2-4-23-16-9(12)1-3-22-16/h1-7H,(H2,22,23,25)(H3,21,24,26,27). The molecular formula is C17H12ClF2N7. The van der Waals surface area contributed by atoms with Gasteiger partial charge in [0.1, 0.15) is 22.3 Å². The Morgan fingerprint density at radius 3 is 2.56 bits per heavy atom. The number of benzene rings is 1. The van der Waals surface area contributed by atoms with E-state index in [-0.39, 0.29) is 28.3 Å². The molecule has 0 bridgehead atoms. The quantitative estimate of drug-likeness (QED) is 0.388. The minimum absolute atomic E-state index is 0.0579. The molecule has 0 spiro atoms. The number of aromatic amines is 1. The van der Waals surface area contributed by atoms with Gasteiger partial charge in [0, 0.05) is 29.5 Å². The van der Waals surface area contributed by atoms with Gasteiger partial charge < -0.3 is 21.4 Å². The van der Waals surface area contributed by atoms with Crippen molar-refractivity contribution in [3.8, 4) is 0 Å². The van der Waals surface area contributed by atoms with Crippen LogP contribution in [0.1, 0.15) is 0 Å². The summed E-state index contributed by atoms with van der Waals surface area (Å²) in [4.78, 5) is 14.7. The second-order valence-electron chi connectivity index (χ2n) is 5.60. The molecule has 4 rings (SSSR count). The van der Waals surface area contributed by atoms with Gasteiger partial charge in [0.15, 0.2) is 11.6 Å². The Balaban J connectivity index is 1.65. The molecule has 3 heterocycles. The molecule has 3 aromatic heterocycles. The van der Waals surface area contributed by atoms with E-state index in [1.807, 2.05) is 0 Å². The molecule has 136 valence electrons. The van der Waals surface area contributed by atoms with Crippen LogP contribution in [0.3, 0.4) is 0 Å². The van der Waals surface area contributed by atoms with E-state index in [2.05, 4.69) is 30.6 Å². The highest BCUT2D eigenvalue weighted by Crippen LogP contribution is 2.30. The van der Waals surface area contributed by atoms with Crippen molar-refractivity contribution in [1.82, 2.24) is 19.9 Å². The number of halogens is 3. The van der Waals surface area contributed by atoms with Crippen molar-refractivity contribution >= 4 is 51.5 Å². The molecule has 0 saturated carbocycles. The molecule has 10 heteroatoms. The minimum Gasteiger partial charge on any atom is -0.368 e. The molecule has 7 nitrogen and oxygen atoms in total. The first-order valence-corrected chi connectivity index (χ1v) is 8.12. The maximum Gasteiger partial charge on any atom is 0.223 e. The number of hydrogen-bond donors (Lipinski definition) is 4. The first kappa shape index (κ1) is 17.0.